The number of ketones is 1. The van der Waals surface area contributed by atoms with Crippen LogP contribution in [0, 0.1) is 25.7 Å². The highest BCUT2D eigenvalue weighted by atomic mass is 32.1. The van der Waals surface area contributed by atoms with Crippen molar-refractivity contribution in [2.75, 3.05) is 13.1 Å². The first kappa shape index (κ1) is 11.7. The van der Waals surface area contributed by atoms with E-state index in [1.54, 1.807) is 11.3 Å². The van der Waals surface area contributed by atoms with Crippen molar-refractivity contribution in [3.8, 4) is 0 Å². The van der Waals surface area contributed by atoms with Gasteiger partial charge < -0.3 is 5.32 Å². The van der Waals surface area contributed by atoms with E-state index in [-0.39, 0.29) is 5.92 Å². The molecule has 2 heterocycles. The molecule has 0 amide bonds. The first-order chi connectivity index (χ1) is 7.58. The Hall–Kier alpha value is -0.740. The predicted octanol–water partition coefficient (Wildman–Crippen LogP) is 1.73. The molecule has 0 spiro atoms. The summed E-state index contributed by atoms with van der Waals surface area (Å²) in [6.45, 7) is 8.00. The standard InChI is InChI=1S/C12H18N2OS/c1-7-5-13-6-10(7)11(15)4-12-14-8(2)9(3)16-12/h7,10,13H,4-6H2,1-3H3. The summed E-state index contributed by atoms with van der Waals surface area (Å²) in [6.07, 6.45) is 0.510. The highest BCUT2D eigenvalue weighted by molar-refractivity contribution is 7.11. The van der Waals surface area contributed by atoms with E-state index < -0.39 is 0 Å². The normalized spacial score (nSPS) is 24.9. The van der Waals surface area contributed by atoms with Crippen molar-refractivity contribution < 1.29 is 4.79 Å². The summed E-state index contributed by atoms with van der Waals surface area (Å²) in [5, 5.41) is 4.24. The maximum atomic E-state index is 12.1. The zero-order valence-electron chi connectivity index (χ0n) is 10.0. The van der Waals surface area contributed by atoms with Crippen LogP contribution in [-0.2, 0) is 11.2 Å². The highest BCUT2D eigenvalue weighted by Gasteiger charge is 2.29. The predicted molar refractivity (Wildman–Crippen MR) is 65.8 cm³/mol. The molecule has 1 aromatic heterocycles. The third-order valence-corrected chi connectivity index (χ3v) is 4.40. The van der Waals surface area contributed by atoms with E-state index in [0.29, 0.717) is 18.1 Å². The van der Waals surface area contributed by atoms with Gasteiger partial charge >= 0.3 is 0 Å². The van der Waals surface area contributed by atoms with Gasteiger partial charge in [0.1, 0.15) is 10.8 Å². The molecule has 2 rings (SSSR count). The zero-order valence-corrected chi connectivity index (χ0v) is 10.9. The molecular formula is C12H18N2OS. The minimum Gasteiger partial charge on any atom is -0.316 e. The maximum absolute atomic E-state index is 12.1. The van der Waals surface area contributed by atoms with Gasteiger partial charge in [-0.1, -0.05) is 6.92 Å². The molecule has 2 atom stereocenters. The van der Waals surface area contributed by atoms with Gasteiger partial charge in [0.15, 0.2) is 0 Å². The van der Waals surface area contributed by atoms with Crippen LogP contribution < -0.4 is 5.32 Å². The van der Waals surface area contributed by atoms with Crippen LogP contribution in [0.2, 0.25) is 0 Å². The Labute approximate surface area is 100 Å². The van der Waals surface area contributed by atoms with Crippen LogP contribution in [0.25, 0.3) is 0 Å². The van der Waals surface area contributed by atoms with Crippen molar-refractivity contribution in [1.29, 1.82) is 0 Å². The first-order valence-electron chi connectivity index (χ1n) is 5.74. The second-order valence-electron chi connectivity index (χ2n) is 4.63. The Morgan fingerprint density at radius 1 is 1.50 bits per heavy atom. The van der Waals surface area contributed by atoms with Gasteiger partial charge in [0, 0.05) is 17.3 Å². The summed E-state index contributed by atoms with van der Waals surface area (Å²) < 4.78 is 0. The van der Waals surface area contributed by atoms with Crippen molar-refractivity contribution in [3.05, 3.63) is 15.6 Å². The molecule has 1 aromatic rings. The molecule has 0 aromatic carbocycles. The fraction of sp³-hybridized carbons (Fsp3) is 0.667. The van der Waals surface area contributed by atoms with Crippen molar-refractivity contribution in [2.24, 2.45) is 11.8 Å². The number of nitrogens with zero attached hydrogens (tertiary/aromatic N) is 1. The van der Waals surface area contributed by atoms with Crippen molar-refractivity contribution >= 4 is 17.1 Å². The number of Topliss-reactive ketones (excluding diaryl/α,β-unsaturated/α-hetero) is 1. The molecule has 4 heteroatoms. The first-order valence-corrected chi connectivity index (χ1v) is 6.56. The van der Waals surface area contributed by atoms with Crippen LogP contribution in [0.4, 0.5) is 0 Å². The molecule has 1 saturated heterocycles. The van der Waals surface area contributed by atoms with E-state index in [1.165, 1.54) is 4.88 Å². The van der Waals surface area contributed by atoms with Crippen molar-refractivity contribution in [3.63, 3.8) is 0 Å². The summed E-state index contributed by atoms with van der Waals surface area (Å²) in [4.78, 5) is 17.7. The van der Waals surface area contributed by atoms with Gasteiger partial charge in [-0.25, -0.2) is 4.98 Å². The maximum Gasteiger partial charge on any atom is 0.144 e. The summed E-state index contributed by atoms with van der Waals surface area (Å²) in [5.41, 5.74) is 1.06. The monoisotopic (exact) mass is 238 g/mol. The van der Waals surface area contributed by atoms with Gasteiger partial charge in [0.2, 0.25) is 0 Å². The van der Waals surface area contributed by atoms with Gasteiger partial charge in [-0.2, -0.15) is 0 Å². The number of hydrogen-bond donors (Lipinski definition) is 1. The van der Waals surface area contributed by atoms with Gasteiger partial charge in [-0.05, 0) is 26.3 Å². The van der Waals surface area contributed by atoms with E-state index in [1.807, 2.05) is 6.92 Å². The van der Waals surface area contributed by atoms with E-state index in [9.17, 15) is 4.79 Å². The summed E-state index contributed by atoms with van der Waals surface area (Å²) in [7, 11) is 0. The Balaban J connectivity index is 2.01. The lowest BCUT2D eigenvalue weighted by atomic mass is 9.92. The molecule has 2 unspecified atom stereocenters. The molecule has 0 saturated carbocycles. The molecule has 16 heavy (non-hydrogen) atoms. The van der Waals surface area contributed by atoms with Gasteiger partial charge in [0.05, 0.1) is 12.1 Å². The highest BCUT2D eigenvalue weighted by Crippen LogP contribution is 2.22. The molecule has 1 N–H and O–H groups in total. The number of carbonyl (C=O) groups is 1. The Kier molecular flexibility index (Phi) is 3.40. The number of rotatable bonds is 3. The van der Waals surface area contributed by atoms with Crippen LogP contribution in [0.15, 0.2) is 0 Å². The summed E-state index contributed by atoms with van der Waals surface area (Å²) in [5.74, 6) is 0.991. The SMILES string of the molecule is Cc1nc(CC(=O)C2CNCC2C)sc1C. The lowest BCUT2D eigenvalue weighted by molar-refractivity contribution is -0.122. The summed E-state index contributed by atoms with van der Waals surface area (Å²) in [6, 6.07) is 0. The topological polar surface area (TPSA) is 42.0 Å². The minimum absolute atomic E-state index is 0.185. The Morgan fingerprint density at radius 2 is 2.25 bits per heavy atom. The van der Waals surface area contributed by atoms with Crippen LogP contribution in [0.5, 0.6) is 0 Å². The van der Waals surface area contributed by atoms with E-state index in [0.717, 1.165) is 23.8 Å². The van der Waals surface area contributed by atoms with Gasteiger partial charge in [0.25, 0.3) is 0 Å². The number of carbonyl (C=O) groups excluding carboxylic acids is 1. The van der Waals surface area contributed by atoms with E-state index in [2.05, 4.69) is 24.1 Å². The van der Waals surface area contributed by atoms with E-state index >= 15 is 0 Å². The number of thiazole rings is 1. The third kappa shape index (κ3) is 2.33. The molecule has 3 nitrogen and oxygen atoms in total. The van der Waals surface area contributed by atoms with Crippen LogP contribution in [0.3, 0.4) is 0 Å². The average molecular weight is 238 g/mol. The van der Waals surface area contributed by atoms with Crippen LogP contribution >= 0.6 is 11.3 Å². The number of hydrogen-bond acceptors (Lipinski definition) is 4. The fourth-order valence-electron chi connectivity index (χ4n) is 2.14. The van der Waals surface area contributed by atoms with E-state index in [4.69, 9.17) is 0 Å². The largest absolute Gasteiger partial charge is 0.316 e. The fourth-order valence-corrected chi connectivity index (χ4v) is 3.08. The van der Waals surface area contributed by atoms with Crippen molar-refractivity contribution in [1.82, 2.24) is 10.3 Å². The quantitative estimate of drug-likeness (QED) is 0.872. The van der Waals surface area contributed by atoms with Crippen LogP contribution in [-0.4, -0.2) is 23.9 Å². The summed E-state index contributed by atoms with van der Waals surface area (Å²) >= 11 is 1.65. The minimum atomic E-state index is 0.185. The number of nitrogens with one attached hydrogen (secondary N) is 1. The molecule has 0 bridgehead atoms. The molecule has 0 aliphatic carbocycles. The van der Waals surface area contributed by atoms with Gasteiger partial charge in [-0.3, -0.25) is 4.79 Å². The second-order valence-corrected chi connectivity index (χ2v) is 5.92. The molecule has 1 fully saturated rings. The Morgan fingerprint density at radius 3 is 2.75 bits per heavy atom. The third-order valence-electron chi connectivity index (χ3n) is 3.33. The molecule has 1 aliphatic heterocycles. The lowest BCUT2D eigenvalue weighted by Gasteiger charge is -2.11. The second kappa shape index (κ2) is 4.63. The smallest absolute Gasteiger partial charge is 0.144 e. The van der Waals surface area contributed by atoms with Crippen molar-refractivity contribution in [2.45, 2.75) is 27.2 Å². The molecule has 88 valence electrons. The van der Waals surface area contributed by atoms with Crippen LogP contribution in [0.1, 0.15) is 22.5 Å². The number of aryl methyl sites for hydroxylation is 2. The molecular weight excluding hydrogens is 220 g/mol. The lowest BCUT2D eigenvalue weighted by Crippen LogP contribution is -2.23. The molecule has 1 aliphatic rings. The zero-order chi connectivity index (χ0) is 11.7. The average Bonchev–Trinajstić information content (AvgIpc) is 2.74. The number of aromatic nitrogens is 1. The van der Waals surface area contributed by atoms with Gasteiger partial charge in [-0.15, -0.1) is 11.3 Å². The molecule has 0 radical (unpaired) electrons. The Bertz CT molecular complexity index is 380.